The number of ether oxygens (including phenoxy) is 1. The molecule has 0 unspecified atom stereocenters. The molecule has 0 spiro atoms. The van der Waals surface area contributed by atoms with Crippen molar-refractivity contribution in [3.63, 3.8) is 0 Å². The van der Waals surface area contributed by atoms with Crippen molar-refractivity contribution in [1.82, 2.24) is 0 Å². The van der Waals surface area contributed by atoms with Gasteiger partial charge in [0.1, 0.15) is 12.4 Å². The number of benzene rings is 2. The predicted molar refractivity (Wildman–Crippen MR) is 86.9 cm³/mol. The second kappa shape index (κ2) is 6.91. The van der Waals surface area contributed by atoms with Crippen molar-refractivity contribution < 1.29 is 4.74 Å². The molecule has 0 bridgehead atoms. The van der Waals surface area contributed by atoms with E-state index in [2.05, 4.69) is 48.0 Å². The monoisotopic (exact) mass is 333 g/mol. The van der Waals surface area contributed by atoms with Crippen LogP contribution in [0.3, 0.4) is 0 Å². The molecular formula is C17H20BrNO. The molecule has 0 aliphatic carbocycles. The van der Waals surface area contributed by atoms with Gasteiger partial charge >= 0.3 is 0 Å². The zero-order valence-electron chi connectivity index (χ0n) is 11.9. The molecule has 2 rings (SSSR count). The average molecular weight is 334 g/mol. The molecule has 0 heterocycles. The molecule has 2 aromatic carbocycles. The van der Waals surface area contributed by atoms with Crippen LogP contribution in [0.15, 0.2) is 46.9 Å². The van der Waals surface area contributed by atoms with E-state index in [0.717, 1.165) is 21.3 Å². The zero-order chi connectivity index (χ0) is 14.5. The first-order chi connectivity index (χ1) is 9.60. The standard InChI is InChI=1S/C17H20BrNO/c1-12(2)16-9-15(18)7-8-17(16)20-11-14-5-3-13(10-19)4-6-14/h3-9,12H,10-11,19H2,1-2H3. The lowest BCUT2D eigenvalue weighted by atomic mass is 10.0. The van der Waals surface area contributed by atoms with E-state index in [9.17, 15) is 0 Å². The Morgan fingerprint density at radius 2 is 1.70 bits per heavy atom. The molecule has 20 heavy (non-hydrogen) atoms. The van der Waals surface area contributed by atoms with Gasteiger partial charge in [-0.2, -0.15) is 0 Å². The van der Waals surface area contributed by atoms with Crippen LogP contribution in [0, 0.1) is 0 Å². The maximum atomic E-state index is 5.96. The number of halogens is 1. The highest BCUT2D eigenvalue weighted by Gasteiger charge is 2.08. The fourth-order valence-corrected chi connectivity index (χ4v) is 2.41. The Kier molecular flexibility index (Phi) is 5.21. The van der Waals surface area contributed by atoms with Gasteiger partial charge in [-0.15, -0.1) is 0 Å². The van der Waals surface area contributed by atoms with Gasteiger partial charge in [-0.05, 0) is 40.8 Å². The molecule has 0 radical (unpaired) electrons. The molecule has 2 aromatic rings. The highest BCUT2D eigenvalue weighted by Crippen LogP contribution is 2.30. The Balaban J connectivity index is 2.10. The van der Waals surface area contributed by atoms with E-state index in [4.69, 9.17) is 10.5 Å². The lowest BCUT2D eigenvalue weighted by Gasteiger charge is -2.14. The minimum atomic E-state index is 0.433. The first kappa shape index (κ1) is 15.1. The van der Waals surface area contributed by atoms with Crippen LogP contribution in [0.25, 0.3) is 0 Å². The van der Waals surface area contributed by atoms with E-state index < -0.39 is 0 Å². The summed E-state index contributed by atoms with van der Waals surface area (Å²) in [6.45, 7) is 5.49. The van der Waals surface area contributed by atoms with Crippen molar-refractivity contribution in [3.05, 3.63) is 63.6 Å². The number of hydrogen-bond acceptors (Lipinski definition) is 2. The minimum Gasteiger partial charge on any atom is -0.489 e. The Labute approximate surface area is 129 Å². The van der Waals surface area contributed by atoms with Gasteiger partial charge in [0.25, 0.3) is 0 Å². The fraction of sp³-hybridized carbons (Fsp3) is 0.294. The minimum absolute atomic E-state index is 0.433. The molecule has 0 aromatic heterocycles. The highest BCUT2D eigenvalue weighted by atomic mass is 79.9. The van der Waals surface area contributed by atoms with Crippen LogP contribution in [-0.2, 0) is 13.2 Å². The van der Waals surface area contributed by atoms with E-state index in [0.29, 0.717) is 19.1 Å². The molecule has 3 heteroatoms. The maximum Gasteiger partial charge on any atom is 0.123 e. The van der Waals surface area contributed by atoms with Crippen molar-refractivity contribution in [2.45, 2.75) is 32.9 Å². The second-order valence-corrected chi connectivity index (χ2v) is 6.06. The van der Waals surface area contributed by atoms with Gasteiger partial charge in [0.05, 0.1) is 0 Å². The number of nitrogens with two attached hydrogens (primary N) is 1. The first-order valence-corrected chi connectivity index (χ1v) is 7.59. The molecule has 106 valence electrons. The fourth-order valence-electron chi connectivity index (χ4n) is 2.03. The van der Waals surface area contributed by atoms with Gasteiger partial charge < -0.3 is 10.5 Å². The third kappa shape index (κ3) is 3.84. The largest absolute Gasteiger partial charge is 0.489 e. The summed E-state index contributed by atoms with van der Waals surface area (Å²) in [4.78, 5) is 0. The normalized spacial score (nSPS) is 10.8. The van der Waals surface area contributed by atoms with Gasteiger partial charge in [0.15, 0.2) is 0 Å². The molecule has 2 nitrogen and oxygen atoms in total. The van der Waals surface area contributed by atoms with Crippen molar-refractivity contribution in [3.8, 4) is 5.75 Å². The molecule has 0 saturated carbocycles. The molecule has 0 aliphatic rings. The van der Waals surface area contributed by atoms with Crippen LogP contribution < -0.4 is 10.5 Å². The lowest BCUT2D eigenvalue weighted by Crippen LogP contribution is -2.01. The van der Waals surface area contributed by atoms with Crippen LogP contribution in [-0.4, -0.2) is 0 Å². The molecule has 0 saturated heterocycles. The van der Waals surface area contributed by atoms with E-state index in [1.807, 2.05) is 24.3 Å². The summed E-state index contributed by atoms with van der Waals surface area (Å²) in [5, 5.41) is 0. The van der Waals surface area contributed by atoms with Gasteiger partial charge in [-0.3, -0.25) is 0 Å². The van der Waals surface area contributed by atoms with Crippen molar-refractivity contribution in [1.29, 1.82) is 0 Å². The SMILES string of the molecule is CC(C)c1cc(Br)ccc1OCc1ccc(CN)cc1. The summed E-state index contributed by atoms with van der Waals surface area (Å²) in [5.41, 5.74) is 9.11. The van der Waals surface area contributed by atoms with Crippen molar-refractivity contribution in [2.75, 3.05) is 0 Å². The van der Waals surface area contributed by atoms with E-state index in [1.54, 1.807) is 0 Å². The second-order valence-electron chi connectivity index (χ2n) is 5.15. The van der Waals surface area contributed by atoms with Gasteiger partial charge in [0.2, 0.25) is 0 Å². The van der Waals surface area contributed by atoms with E-state index in [-0.39, 0.29) is 0 Å². The van der Waals surface area contributed by atoms with Crippen LogP contribution in [0.1, 0.15) is 36.5 Å². The van der Waals surface area contributed by atoms with Crippen molar-refractivity contribution in [2.24, 2.45) is 5.73 Å². The first-order valence-electron chi connectivity index (χ1n) is 6.80. The molecule has 0 amide bonds. The molecule has 0 fully saturated rings. The van der Waals surface area contributed by atoms with Gasteiger partial charge in [-0.1, -0.05) is 54.0 Å². The predicted octanol–water partition coefficient (Wildman–Crippen LogP) is 4.61. The summed E-state index contributed by atoms with van der Waals surface area (Å²) in [6.07, 6.45) is 0. The Hall–Kier alpha value is -1.32. The average Bonchev–Trinajstić information content (AvgIpc) is 2.46. The molecular weight excluding hydrogens is 314 g/mol. The Morgan fingerprint density at radius 3 is 2.30 bits per heavy atom. The van der Waals surface area contributed by atoms with Crippen molar-refractivity contribution >= 4 is 15.9 Å². The van der Waals surface area contributed by atoms with Crippen LogP contribution in [0.4, 0.5) is 0 Å². The quantitative estimate of drug-likeness (QED) is 0.867. The summed E-state index contributed by atoms with van der Waals surface area (Å²) < 4.78 is 7.05. The zero-order valence-corrected chi connectivity index (χ0v) is 13.5. The third-order valence-electron chi connectivity index (χ3n) is 3.25. The summed E-state index contributed by atoms with van der Waals surface area (Å²) in [6, 6.07) is 14.4. The topological polar surface area (TPSA) is 35.2 Å². The summed E-state index contributed by atoms with van der Waals surface area (Å²) in [5.74, 6) is 1.38. The van der Waals surface area contributed by atoms with Gasteiger partial charge in [0, 0.05) is 11.0 Å². The third-order valence-corrected chi connectivity index (χ3v) is 3.74. The van der Waals surface area contributed by atoms with E-state index >= 15 is 0 Å². The van der Waals surface area contributed by atoms with E-state index in [1.165, 1.54) is 5.56 Å². The maximum absolute atomic E-state index is 5.96. The smallest absolute Gasteiger partial charge is 0.123 e. The molecule has 0 aliphatic heterocycles. The van der Waals surface area contributed by atoms with Crippen LogP contribution >= 0.6 is 15.9 Å². The Bertz CT molecular complexity index is 564. The highest BCUT2D eigenvalue weighted by molar-refractivity contribution is 9.10. The molecule has 2 N–H and O–H groups in total. The lowest BCUT2D eigenvalue weighted by molar-refractivity contribution is 0.301. The van der Waals surface area contributed by atoms with Crippen LogP contribution in [0.5, 0.6) is 5.75 Å². The number of rotatable bonds is 5. The van der Waals surface area contributed by atoms with Crippen LogP contribution in [0.2, 0.25) is 0 Å². The summed E-state index contributed by atoms with van der Waals surface area (Å²) in [7, 11) is 0. The number of hydrogen-bond donors (Lipinski definition) is 1. The Morgan fingerprint density at radius 1 is 1.05 bits per heavy atom. The molecule has 0 atom stereocenters. The summed E-state index contributed by atoms with van der Waals surface area (Å²) >= 11 is 3.51. The van der Waals surface area contributed by atoms with Gasteiger partial charge in [-0.25, -0.2) is 0 Å².